The fourth-order valence-electron chi connectivity index (χ4n) is 4.13. The normalized spacial score (nSPS) is 11.6. The first-order chi connectivity index (χ1) is 16.5. The van der Waals surface area contributed by atoms with Crippen molar-refractivity contribution in [1.82, 2.24) is 10.3 Å². The van der Waals surface area contributed by atoms with E-state index in [1.165, 1.54) is 10.9 Å². The summed E-state index contributed by atoms with van der Waals surface area (Å²) in [6.07, 6.45) is 9.39. The third-order valence-electron chi connectivity index (χ3n) is 6.20. The van der Waals surface area contributed by atoms with Crippen molar-refractivity contribution in [3.8, 4) is 11.8 Å². The lowest BCUT2D eigenvalue weighted by molar-refractivity contribution is 0.0935. The highest BCUT2D eigenvalue weighted by Crippen LogP contribution is 2.20. The summed E-state index contributed by atoms with van der Waals surface area (Å²) in [7, 11) is 0. The number of carbonyl (C=O) groups is 1. The molecule has 34 heavy (non-hydrogen) atoms. The third kappa shape index (κ3) is 7.28. The number of aromatic nitrogens is 1. The number of rotatable bonds is 11. The fraction of sp³-hybridized carbons (Fsp3) is 0.367. The topological polar surface area (TPSA) is 65.1 Å². The number of hydrogen-bond acceptors (Lipinski definition) is 2. The maximum absolute atomic E-state index is 13.1. The number of aliphatic hydroxyl groups excluding tert-OH is 1. The Morgan fingerprint density at radius 1 is 1.15 bits per heavy atom. The molecule has 1 atom stereocenters. The molecular weight excluding hydrogens is 420 g/mol. The lowest BCUT2D eigenvalue weighted by atomic mass is 10.0. The SMILES string of the molecule is C=C(O)CCCCCCC#Cc1ccc(C)c(C(=O)NC(CC)Cc2c[nH]c3ccccc23)c1. The predicted octanol–water partition coefficient (Wildman–Crippen LogP) is 6.99. The first kappa shape index (κ1) is 25.2. The third-order valence-corrected chi connectivity index (χ3v) is 6.20. The van der Waals surface area contributed by atoms with Crippen LogP contribution < -0.4 is 5.32 Å². The summed E-state index contributed by atoms with van der Waals surface area (Å²) in [5.74, 6) is 6.67. The lowest BCUT2D eigenvalue weighted by Gasteiger charge is -2.18. The summed E-state index contributed by atoms with van der Waals surface area (Å²) in [4.78, 5) is 16.4. The van der Waals surface area contributed by atoms with Gasteiger partial charge in [-0.15, -0.1) is 0 Å². The van der Waals surface area contributed by atoms with Crippen LogP contribution in [-0.4, -0.2) is 22.0 Å². The zero-order chi connectivity index (χ0) is 24.3. The Morgan fingerprint density at radius 3 is 2.74 bits per heavy atom. The maximum atomic E-state index is 13.1. The minimum Gasteiger partial charge on any atom is -0.513 e. The van der Waals surface area contributed by atoms with Gasteiger partial charge in [0, 0.05) is 47.1 Å². The molecule has 0 radical (unpaired) electrons. The van der Waals surface area contributed by atoms with Gasteiger partial charge in [0.1, 0.15) is 0 Å². The molecule has 0 spiro atoms. The minimum absolute atomic E-state index is 0.0432. The molecule has 3 rings (SSSR count). The van der Waals surface area contributed by atoms with Gasteiger partial charge in [-0.1, -0.05) is 62.5 Å². The van der Waals surface area contributed by atoms with E-state index in [2.05, 4.69) is 47.8 Å². The van der Waals surface area contributed by atoms with Crippen molar-refractivity contribution < 1.29 is 9.90 Å². The second kappa shape index (κ2) is 12.7. The number of nitrogens with one attached hydrogen (secondary N) is 2. The molecule has 0 saturated carbocycles. The van der Waals surface area contributed by atoms with Gasteiger partial charge in [-0.3, -0.25) is 4.79 Å². The number of allylic oxidation sites excluding steroid dienone is 1. The number of unbranched alkanes of at least 4 members (excludes halogenated alkanes) is 4. The number of aryl methyl sites for hydroxylation is 1. The van der Waals surface area contributed by atoms with Crippen LogP contribution in [0.2, 0.25) is 0 Å². The van der Waals surface area contributed by atoms with Crippen molar-refractivity contribution in [2.45, 2.75) is 71.3 Å². The number of para-hydroxylation sites is 1. The molecule has 4 nitrogen and oxygen atoms in total. The maximum Gasteiger partial charge on any atom is 0.251 e. The molecular formula is C30H36N2O2. The van der Waals surface area contributed by atoms with E-state index in [0.29, 0.717) is 12.0 Å². The Hall–Kier alpha value is -3.45. The summed E-state index contributed by atoms with van der Waals surface area (Å²) in [5, 5.41) is 13.6. The Balaban J connectivity index is 1.57. The van der Waals surface area contributed by atoms with Crippen LogP contribution in [0.15, 0.2) is 61.0 Å². The van der Waals surface area contributed by atoms with Crippen LogP contribution in [0.1, 0.15) is 78.9 Å². The molecule has 178 valence electrons. The van der Waals surface area contributed by atoms with Gasteiger partial charge >= 0.3 is 0 Å². The van der Waals surface area contributed by atoms with E-state index in [9.17, 15) is 4.79 Å². The number of fused-ring (bicyclic) bond motifs is 1. The van der Waals surface area contributed by atoms with Gasteiger partial charge in [-0.2, -0.15) is 0 Å². The van der Waals surface area contributed by atoms with Gasteiger partial charge in [0.2, 0.25) is 0 Å². The summed E-state index contributed by atoms with van der Waals surface area (Å²) in [6.45, 7) is 7.58. The van der Waals surface area contributed by atoms with Gasteiger partial charge in [0.15, 0.2) is 0 Å². The van der Waals surface area contributed by atoms with E-state index in [0.717, 1.165) is 61.6 Å². The fourth-order valence-corrected chi connectivity index (χ4v) is 4.13. The Labute approximate surface area is 203 Å². The van der Waals surface area contributed by atoms with Gasteiger partial charge < -0.3 is 15.4 Å². The summed E-state index contributed by atoms with van der Waals surface area (Å²) in [5.41, 5.74) is 4.86. The van der Waals surface area contributed by atoms with Crippen LogP contribution >= 0.6 is 0 Å². The molecule has 0 bridgehead atoms. The van der Waals surface area contributed by atoms with Gasteiger partial charge in [0.05, 0.1) is 5.76 Å². The van der Waals surface area contributed by atoms with Crippen LogP contribution in [0.25, 0.3) is 10.9 Å². The van der Waals surface area contributed by atoms with Crippen molar-refractivity contribution in [3.05, 3.63) is 83.3 Å². The molecule has 4 heteroatoms. The molecule has 2 aromatic carbocycles. The number of H-pyrrole nitrogens is 1. The van der Waals surface area contributed by atoms with Crippen molar-refractivity contribution in [3.63, 3.8) is 0 Å². The number of hydrogen-bond donors (Lipinski definition) is 3. The zero-order valence-electron chi connectivity index (χ0n) is 20.4. The molecule has 1 aromatic heterocycles. The standard InChI is InChI=1S/C30H36N2O2/c1-4-26(20-25-21-31-29-16-12-11-15-27(25)29)32-30(34)28-19-24(18-17-22(28)2)14-10-8-6-5-7-9-13-23(3)33/h11-12,15-19,21,26,31,33H,3-9,13,20H2,1-2H3,(H,32,34). The number of amides is 1. The van der Waals surface area contributed by atoms with E-state index in [1.807, 2.05) is 43.5 Å². The van der Waals surface area contributed by atoms with E-state index in [1.54, 1.807) is 0 Å². The van der Waals surface area contributed by atoms with Crippen LogP contribution in [0.3, 0.4) is 0 Å². The van der Waals surface area contributed by atoms with Crippen molar-refractivity contribution >= 4 is 16.8 Å². The van der Waals surface area contributed by atoms with Crippen LogP contribution in [0.5, 0.6) is 0 Å². The number of carbonyl (C=O) groups excluding carboxylic acids is 1. The largest absolute Gasteiger partial charge is 0.513 e. The van der Waals surface area contributed by atoms with E-state index in [-0.39, 0.29) is 17.7 Å². The lowest BCUT2D eigenvalue weighted by Crippen LogP contribution is -2.36. The highest BCUT2D eigenvalue weighted by atomic mass is 16.3. The minimum atomic E-state index is -0.0432. The predicted molar refractivity (Wildman–Crippen MR) is 141 cm³/mol. The molecule has 0 saturated heterocycles. The molecule has 1 heterocycles. The molecule has 0 aliphatic rings. The molecule has 0 aliphatic carbocycles. The van der Waals surface area contributed by atoms with Crippen LogP contribution in [-0.2, 0) is 6.42 Å². The first-order valence-electron chi connectivity index (χ1n) is 12.3. The van der Waals surface area contributed by atoms with Crippen LogP contribution in [0, 0.1) is 18.8 Å². The van der Waals surface area contributed by atoms with Crippen molar-refractivity contribution in [2.75, 3.05) is 0 Å². The Bertz CT molecular complexity index is 1180. The van der Waals surface area contributed by atoms with Crippen molar-refractivity contribution in [1.29, 1.82) is 0 Å². The summed E-state index contributed by atoms with van der Waals surface area (Å²) < 4.78 is 0. The smallest absolute Gasteiger partial charge is 0.251 e. The first-order valence-corrected chi connectivity index (χ1v) is 12.3. The second-order valence-corrected chi connectivity index (χ2v) is 8.95. The Morgan fingerprint density at radius 2 is 1.94 bits per heavy atom. The highest BCUT2D eigenvalue weighted by Gasteiger charge is 2.16. The highest BCUT2D eigenvalue weighted by molar-refractivity contribution is 5.96. The van der Waals surface area contributed by atoms with Gasteiger partial charge in [-0.05, 0) is 61.9 Å². The molecule has 0 aliphatic heterocycles. The quantitative estimate of drug-likeness (QED) is 0.165. The average molecular weight is 457 g/mol. The zero-order valence-corrected chi connectivity index (χ0v) is 20.4. The van der Waals surface area contributed by atoms with E-state index in [4.69, 9.17) is 5.11 Å². The van der Waals surface area contributed by atoms with Crippen molar-refractivity contribution in [2.24, 2.45) is 0 Å². The van der Waals surface area contributed by atoms with E-state index >= 15 is 0 Å². The summed E-state index contributed by atoms with van der Waals surface area (Å²) in [6, 6.07) is 14.2. The van der Waals surface area contributed by atoms with Gasteiger partial charge in [-0.25, -0.2) is 0 Å². The molecule has 1 unspecified atom stereocenters. The molecule has 1 amide bonds. The average Bonchev–Trinajstić information content (AvgIpc) is 3.23. The second-order valence-electron chi connectivity index (χ2n) is 8.95. The van der Waals surface area contributed by atoms with Crippen LogP contribution in [0.4, 0.5) is 0 Å². The molecule has 3 N–H and O–H groups in total. The molecule has 3 aromatic rings. The number of benzene rings is 2. The molecule has 0 fully saturated rings. The summed E-state index contributed by atoms with van der Waals surface area (Å²) >= 11 is 0. The Kier molecular flexibility index (Phi) is 9.40. The number of aliphatic hydroxyl groups is 1. The monoisotopic (exact) mass is 456 g/mol. The van der Waals surface area contributed by atoms with E-state index < -0.39 is 0 Å². The van der Waals surface area contributed by atoms with Gasteiger partial charge in [0.25, 0.3) is 5.91 Å². The number of aromatic amines is 1.